The van der Waals surface area contributed by atoms with Crippen molar-refractivity contribution in [2.45, 2.75) is 58.8 Å². The van der Waals surface area contributed by atoms with Crippen LogP contribution in [0.5, 0.6) is 5.75 Å². The minimum absolute atomic E-state index is 0.208. The van der Waals surface area contributed by atoms with Crippen LogP contribution in [0, 0.1) is 0 Å². The van der Waals surface area contributed by atoms with Gasteiger partial charge >= 0.3 is 17.9 Å². The first kappa shape index (κ1) is 28.2. The summed E-state index contributed by atoms with van der Waals surface area (Å²) in [5.74, 6) is -3.22. The van der Waals surface area contributed by atoms with E-state index < -0.39 is 54.4 Å². The lowest BCUT2D eigenvalue weighted by Gasteiger charge is -2.30. The van der Waals surface area contributed by atoms with Crippen LogP contribution in [0.15, 0.2) is 12.1 Å². The topological polar surface area (TPSA) is 101 Å². The number of aromatic carboxylic acids is 1. The summed E-state index contributed by atoms with van der Waals surface area (Å²) in [5, 5.41) is 17.0. The number of ether oxygens (including phenoxy) is 1. The molecule has 0 unspecified atom stereocenters. The van der Waals surface area contributed by atoms with E-state index in [-0.39, 0.29) is 17.7 Å². The second kappa shape index (κ2) is 9.94. The minimum Gasteiger partial charge on any atom is -0.481 e. The van der Waals surface area contributed by atoms with Crippen LogP contribution >= 0.6 is 46.4 Å². The summed E-state index contributed by atoms with van der Waals surface area (Å²) >= 11 is 24.6. The van der Waals surface area contributed by atoms with E-state index >= 15 is 0 Å². The van der Waals surface area contributed by atoms with Crippen molar-refractivity contribution in [3.63, 3.8) is 0 Å². The normalized spacial score (nSPS) is 11.9. The van der Waals surface area contributed by atoms with E-state index in [0.29, 0.717) is 16.7 Å². The van der Waals surface area contributed by atoms with Gasteiger partial charge in [-0.05, 0) is 16.4 Å². The van der Waals surface area contributed by atoms with Gasteiger partial charge in [-0.1, -0.05) is 100 Å². The highest BCUT2D eigenvalue weighted by atomic mass is 35.5. The van der Waals surface area contributed by atoms with Gasteiger partial charge in [0.25, 0.3) is 0 Å². The Labute approximate surface area is 217 Å². The number of esters is 1. The Balaban J connectivity index is 2.80. The van der Waals surface area contributed by atoms with Gasteiger partial charge in [0.2, 0.25) is 0 Å². The fourth-order valence-corrected chi connectivity index (χ4v) is 4.50. The molecular formula is C24H24Cl4O6. The van der Waals surface area contributed by atoms with Crippen molar-refractivity contribution in [3.8, 4) is 5.75 Å². The number of carboxylic acids is 2. The molecule has 2 N–H and O–H groups in total. The molecule has 2 rings (SSSR count). The van der Waals surface area contributed by atoms with E-state index in [4.69, 9.17) is 51.1 Å². The van der Waals surface area contributed by atoms with E-state index in [1.54, 1.807) is 12.1 Å². The van der Waals surface area contributed by atoms with Crippen LogP contribution in [-0.4, -0.2) is 28.1 Å². The standard InChI is InChI=1S/C24H24Cl4O6/c1-23(2,3)11-7-10(9-13(29)30)8-12(24(4,5)6)20(11)34-22(33)15-18(27)16(25)14(21(31)32)17(26)19(15)28/h7-8H,9H2,1-6H3,(H,29,30)(H,31,32). The second-order valence-corrected chi connectivity index (χ2v) is 11.3. The number of hydrogen-bond donors (Lipinski definition) is 2. The average molecular weight is 550 g/mol. The van der Waals surface area contributed by atoms with Crippen LogP contribution in [0.2, 0.25) is 20.1 Å². The number of benzene rings is 2. The number of carboxylic acid groups (broad SMARTS) is 2. The fourth-order valence-electron chi connectivity index (χ4n) is 3.33. The SMILES string of the molecule is CC(C)(C)c1cc(CC(=O)O)cc(C(C)(C)C)c1OC(=O)c1c(Cl)c(Cl)c(C(=O)O)c(Cl)c1Cl. The predicted octanol–water partition coefficient (Wildman–Crippen LogP) is 7.44. The molecule has 0 aliphatic rings. The highest BCUT2D eigenvalue weighted by Gasteiger charge is 2.33. The molecule has 0 aromatic heterocycles. The van der Waals surface area contributed by atoms with Crippen molar-refractivity contribution in [2.24, 2.45) is 0 Å². The molecule has 10 heteroatoms. The summed E-state index contributed by atoms with van der Waals surface area (Å²) < 4.78 is 5.83. The number of aliphatic carboxylic acids is 1. The maximum atomic E-state index is 13.3. The molecule has 0 saturated carbocycles. The maximum Gasteiger partial charge on any atom is 0.346 e. The average Bonchev–Trinajstić information content (AvgIpc) is 2.65. The smallest absolute Gasteiger partial charge is 0.346 e. The van der Waals surface area contributed by atoms with Gasteiger partial charge in [-0.3, -0.25) is 4.79 Å². The first-order valence-electron chi connectivity index (χ1n) is 10.1. The van der Waals surface area contributed by atoms with Crippen molar-refractivity contribution in [2.75, 3.05) is 0 Å². The molecule has 0 aliphatic carbocycles. The van der Waals surface area contributed by atoms with Crippen molar-refractivity contribution < 1.29 is 29.3 Å². The largest absolute Gasteiger partial charge is 0.481 e. The monoisotopic (exact) mass is 548 g/mol. The van der Waals surface area contributed by atoms with Gasteiger partial charge in [0, 0.05) is 11.1 Å². The highest BCUT2D eigenvalue weighted by molar-refractivity contribution is 6.52. The Hall–Kier alpha value is -1.99. The zero-order chi connectivity index (χ0) is 26.3. The van der Waals surface area contributed by atoms with Gasteiger partial charge in [-0.2, -0.15) is 0 Å². The minimum atomic E-state index is -1.46. The Kier molecular flexibility index (Phi) is 8.26. The lowest BCUT2D eigenvalue weighted by molar-refractivity contribution is -0.136. The van der Waals surface area contributed by atoms with Crippen molar-refractivity contribution >= 4 is 64.3 Å². The summed E-state index contributed by atoms with van der Waals surface area (Å²) in [6, 6.07) is 3.37. The summed E-state index contributed by atoms with van der Waals surface area (Å²) in [7, 11) is 0. The van der Waals surface area contributed by atoms with E-state index in [1.807, 2.05) is 41.5 Å². The molecule has 2 aromatic carbocycles. The van der Waals surface area contributed by atoms with Gasteiger partial charge in [-0.15, -0.1) is 0 Å². The van der Waals surface area contributed by atoms with Crippen LogP contribution in [0.25, 0.3) is 0 Å². The number of carbonyl (C=O) groups excluding carboxylic acids is 1. The Morgan fingerprint density at radius 1 is 0.765 bits per heavy atom. The van der Waals surface area contributed by atoms with Crippen molar-refractivity contribution in [1.29, 1.82) is 0 Å². The fraction of sp³-hybridized carbons (Fsp3) is 0.375. The van der Waals surface area contributed by atoms with Gasteiger partial charge in [-0.25, -0.2) is 9.59 Å². The molecule has 0 fully saturated rings. The van der Waals surface area contributed by atoms with Crippen LogP contribution in [-0.2, 0) is 22.0 Å². The van der Waals surface area contributed by atoms with E-state index in [2.05, 4.69) is 0 Å². The van der Waals surface area contributed by atoms with Gasteiger partial charge < -0.3 is 14.9 Å². The molecule has 0 radical (unpaired) electrons. The van der Waals surface area contributed by atoms with E-state index in [1.165, 1.54) is 0 Å². The van der Waals surface area contributed by atoms with Gasteiger partial charge in [0.05, 0.1) is 32.1 Å². The molecule has 6 nitrogen and oxygen atoms in total. The van der Waals surface area contributed by atoms with Crippen molar-refractivity contribution in [1.82, 2.24) is 0 Å². The second-order valence-electron chi connectivity index (χ2n) is 9.79. The summed E-state index contributed by atoms with van der Waals surface area (Å²) in [5.41, 5.74) is -0.251. The zero-order valence-electron chi connectivity index (χ0n) is 19.4. The molecule has 0 aliphatic heterocycles. The molecule has 0 atom stereocenters. The number of halogens is 4. The Morgan fingerprint density at radius 2 is 1.15 bits per heavy atom. The quantitative estimate of drug-likeness (QED) is 0.228. The molecule has 0 spiro atoms. The lowest BCUT2D eigenvalue weighted by atomic mass is 9.78. The molecule has 0 heterocycles. The third-order valence-electron chi connectivity index (χ3n) is 5.00. The van der Waals surface area contributed by atoms with E-state index in [9.17, 15) is 24.6 Å². The van der Waals surface area contributed by atoms with Crippen LogP contribution in [0.3, 0.4) is 0 Å². The zero-order valence-corrected chi connectivity index (χ0v) is 22.4. The lowest BCUT2D eigenvalue weighted by Crippen LogP contribution is -2.23. The number of hydrogen-bond acceptors (Lipinski definition) is 4. The molecule has 0 amide bonds. The Bertz CT molecular complexity index is 1130. The summed E-state index contributed by atoms with van der Waals surface area (Å²) in [6.45, 7) is 11.4. The third kappa shape index (κ3) is 5.80. The molecule has 34 heavy (non-hydrogen) atoms. The molecule has 2 aromatic rings. The van der Waals surface area contributed by atoms with Gasteiger partial charge in [0.1, 0.15) is 11.3 Å². The first-order chi connectivity index (χ1) is 15.4. The first-order valence-corrected chi connectivity index (χ1v) is 11.6. The summed E-state index contributed by atoms with van der Waals surface area (Å²) in [4.78, 5) is 36.2. The van der Waals surface area contributed by atoms with Crippen LogP contribution < -0.4 is 4.74 Å². The molecular weight excluding hydrogens is 526 g/mol. The van der Waals surface area contributed by atoms with Crippen LogP contribution in [0.4, 0.5) is 0 Å². The highest BCUT2D eigenvalue weighted by Crippen LogP contribution is 2.44. The molecule has 0 bridgehead atoms. The Morgan fingerprint density at radius 3 is 1.47 bits per heavy atom. The third-order valence-corrected chi connectivity index (χ3v) is 6.70. The predicted molar refractivity (Wildman–Crippen MR) is 134 cm³/mol. The molecule has 184 valence electrons. The van der Waals surface area contributed by atoms with Crippen molar-refractivity contribution in [3.05, 3.63) is 60.0 Å². The molecule has 0 saturated heterocycles. The van der Waals surface area contributed by atoms with E-state index in [0.717, 1.165) is 0 Å². The number of carbonyl (C=O) groups is 3. The van der Waals surface area contributed by atoms with Crippen LogP contribution in [0.1, 0.15) is 78.9 Å². The summed E-state index contributed by atoms with van der Waals surface area (Å²) in [6.07, 6.45) is -0.208. The maximum absolute atomic E-state index is 13.3. The van der Waals surface area contributed by atoms with Gasteiger partial charge in [0.15, 0.2) is 0 Å². The number of rotatable bonds is 5.